The fourth-order valence-electron chi connectivity index (χ4n) is 4.01. The smallest absolute Gasteiger partial charge is 0.369 e. The number of rotatable bonds is 5. The van der Waals surface area contributed by atoms with Crippen molar-refractivity contribution in [1.29, 1.82) is 0 Å². The van der Waals surface area contributed by atoms with Crippen molar-refractivity contribution in [3.05, 3.63) is 60.2 Å². The van der Waals surface area contributed by atoms with E-state index < -0.39 is 11.7 Å². The summed E-state index contributed by atoms with van der Waals surface area (Å²) in [7, 11) is 0. The number of urea groups is 1. The third kappa shape index (κ3) is 4.53. The average molecular weight is 418 g/mol. The second kappa shape index (κ2) is 8.55. The lowest BCUT2D eigenvalue weighted by atomic mass is 10.2. The van der Waals surface area contributed by atoms with Crippen molar-refractivity contribution >= 4 is 17.4 Å². The zero-order valence-electron chi connectivity index (χ0n) is 16.7. The van der Waals surface area contributed by atoms with Crippen LogP contribution in [-0.2, 0) is 6.18 Å². The first-order valence-electron chi connectivity index (χ1n) is 10.2. The van der Waals surface area contributed by atoms with Crippen LogP contribution in [0.2, 0.25) is 0 Å². The zero-order chi connectivity index (χ0) is 21.1. The maximum Gasteiger partial charge on any atom is 0.416 e. The third-order valence-corrected chi connectivity index (χ3v) is 5.76. The summed E-state index contributed by atoms with van der Waals surface area (Å²) in [5.74, 6) is 0. The van der Waals surface area contributed by atoms with Gasteiger partial charge in [-0.25, -0.2) is 4.79 Å². The predicted octanol–water partition coefficient (Wildman–Crippen LogP) is 3.77. The standard InChI is InChI=1S/C22H25F3N4O/c23-22(24,25)18-5-4-8-20(17-18)29-16-15-28(21(29)30)14-11-26-9-12-27(13-10-26)19-6-2-1-3-7-19/h1-8,17H,9-16H2. The number of carbonyl (C=O) groups excluding carboxylic acids is 1. The lowest BCUT2D eigenvalue weighted by molar-refractivity contribution is -0.137. The van der Waals surface area contributed by atoms with E-state index in [1.807, 2.05) is 18.2 Å². The van der Waals surface area contributed by atoms with Crippen LogP contribution in [0.15, 0.2) is 54.6 Å². The van der Waals surface area contributed by atoms with Crippen LogP contribution in [0.3, 0.4) is 0 Å². The molecule has 5 nitrogen and oxygen atoms in total. The molecule has 30 heavy (non-hydrogen) atoms. The number of nitrogens with zero attached hydrogens (tertiary/aromatic N) is 4. The minimum Gasteiger partial charge on any atom is -0.369 e. The van der Waals surface area contributed by atoms with Gasteiger partial charge < -0.3 is 9.80 Å². The van der Waals surface area contributed by atoms with Gasteiger partial charge in [-0.1, -0.05) is 24.3 Å². The van der Waals surface area contributed by atoms with Crippen molar-refractivity contribution < 1.29 is 18.0 Å². The number of piperazine rings is 1. The van der Waals surface area contributed by atoms with Crippen LogP contribution in [-0.4, -0.2) is 68.2 Å². The molecule has 2 fully saturated rings. The number of amides is 2. The van der Waals surface area contributed by atoms with E-state index in [2.05, 4.69) is 21.9 Å². The molecule has 2 aromatic rings. The molecule has 0 N–H and O–H groups in total. The quantitative estimate of drug-likeness (QED) is 0.741. The molecule has 2 aromatic carbocycles. The predicted molar refractivity (Wildman–Crippen MR) is 111 cm³/mol. The molecular weight excluding hydrogens is 393 g/mol. The minimum atomic E-state index is -4.42. The summed E-state index contributed by atoms with van der Waals surface area (Å²) < 4.78 is 38.9. The fourth-order valence-corrected chi connectivity index (χ4v) is 4.01. The van der Waals surface area contributed by atoms with Gasteiger partial charge in [-0.15, -0.1) is 0 Å². The highest BCUT2D eigenvalue weighted by Gasteiger charge is 2.34. The Kier molecular flexibility index (Phi) is 5.85. The summed E-state index contributed by atoms with van der Waals surface area (Å²) >= 11 is 0. The Bertz CT molecular complexity index is 866. The van der Waals surface area contributed by atoms with Gasteiger partial charge in [0.05, 0.1) is 5.56 Å². The van der Waals surface area contributed by atoms with Gasteiger partial charge in [0.1, 0.15) is 0 Å². The number of hydrogen-bond donors (Lipinski definition) is 0. The summed E-state index contributed by atoms with van der Waals surface area (Å²) in [4.78, 5) is 20.6. The lowest BCUT2D eigenvalue weighted by Gasteiger charge is -2.36. The van der Waals surface area contributed by atoms with Crippen molar-refractivity contribution in [3.63, 3.8) is 0 Å². The maximum absolute atomic E-state index is 13.0. The van der Waals surface area contributed by atoms with E-state index in [4.69, 9.17) is 0 Å². The zero-order valence-corrected chi connectivity index (χ0v) is 16.7. The van der Waals surface area contributed by atoms with E-state index >= 15 is 0 Å². The van der Waals surface area contributed by atoms with Crippen molar-refractivity contribution in [3.8, 4) is 0 Å². The van der Waals surface area contributed by atoms with Gasteiger partial charge in [0, 0.05) is 63.7 Å². The Labute approximate surface area is 174 Å². The Morgan fingerprint density at radius 2 is 1.47 bits per heavy atom. The molecule has 0 aromatic heterocycles. The summed E-state index contributed by atoms with van der Waals surface area (Å²) in [6, 6.07) is 15.1. The molecule has 0 aliphatic carbocycles. The summed E-state index contributed by atoms with van der Waals surface area (Å²) in [6.45, 7) is 6.01. The topological polar surface area (TPSA) is 30.0 Å². The van der Waals surface area contributed by atoms with E-state index in [1.54, 1.807) is 11.0 Å². The molecule has 0 spiro atoms. The Morgan fingerprint density at radius 1 is 0.767 bits per heavy atom. The Hall–Kier alpha value is -2.74. The van der Waals surface area contributed by atoms with Gasteiger partial charge in [-0.3, -0.25) is 9.80 Å². The van der Waals surface area contributed by atoms with E-state index in [1.165, 1.54) is 16.7 Å². The van der Waals surface area contributed by atoms with Crippen molar-refractivity contribution in [2.24, 2.45) is 0 Å². The van der Waals surface area contributed by atoms with Crippen LogP contribution >= 0.6 is 0 Å². The molecule has 2 amide bonds. The monoisotopic (exact) mass is 418 g/mol. The van der Waals surface area contributed by atoms with Gasteiger partial charge in [-0.05, 0) is 30.3 Å². The maximum atomic E-state index is 13.0. The minimum absolute atomic E-state index is 0.225. The third-order valence-electron chi connectivity index (χ3n) is 5.76. The van der Waals surface area contributed by atoms with Gasteiger partial charge in [0.25, 0.3) is 0 Å². The van der Waals surface area contributed by atoms with Gasteiger partial charge in [-0.2, -0.15) is 13.2 Å². The molecule has 0 unspecified atom stereocenters. The number of anilines is 2. The fraction of sp³-hybridized carbons (Fsp3) is 0.409. The van der Waals surface area contributed by atoms with E-state index in [9.17, 15) is 18.0 Å². The number of hydrogen-bond acceptors (Lipinski definition) is 3. The molecule has 2 saturated heterocycles. The summed E-state index contributed by atoms with van der Waals surface area (Å²) in [5.41, 5.74) is 0.792. The number of alkyl halides is 3. The van der Waals surface area contributed by atoms with Gasteiger partial charge in [0.2, 0.25) is 0 Å². The average Bonchev–Trinajstić information content (AvgIpc) is 3.13. The van der Waals surface area contributed by atoms with Crippen LogP contribution < -0.4 is 9.80 Å². The molecule has 160 valence electrons. The molecule has 4 rings (SSSR count). The van der Waals surface area contributed by atoms with E-state index in [0.717, 1.165) is 44.9 Å². The van der Waals surface area contributed by atoms with Crippen molar-refractivity contribution in [1.82, 2.24) is 9.80 Å². The first-order chi connectivity index (χ1) is 14.4. The molecular formula is C22H25F3N4O. The molecule has 8 heteroatoms. The van der Waals surface area contributed by atoms with Crippen LogP contribution in [0.4, 0.5) is 29.3 Å². The Balaban J connectivity index is 1.28. The van der Waals surface area contributed by atoms with Crippen LogP contribution in [0.1, 0.15) is 5.56 Å². The highest BCUT2D eigenvalue weighted by Crippen LogP contribution is 2.32. The molecule has 0 bridgehead atoms. The second-order valence-electron chi connectivity index (χ2n) is 7.63. The normalized spacial score (nSPS) is 18.4. The second-order valence-corrected chi connectivity index (χ2v) is 7.63. The molecule has 0 radical (unpaired) electrons. The molecule has 0 atom stereocenters. The number of carbonyl (C=O) groups is 1. The van der Waals surface area contributed by atoms with Crippen LogP contribution in [0, 0.1) is 0 Å². The molecule has 0 saturated carbocycles. The van der Waals surface area contributed by atoms with E-state index in [-0.39, 0.29) is 6.03 Å². The Morgan fingerprint density at radius 3 is 2.17 bits per heavy atom. The summed E-state index contributed by atoms with van der Waals surface area (Å²) in [6.07, 6.45) is -4.42. The molecule has 2 heterocycles. The summed E-state index contributed by atoms with van der Waals surface area (Å²) in [5, 5.41) is 0. The van der Waals surface area contributed by atoms with Crippen molar-refractivity contribution in [2.45, 2.75) is 6.18 Å². The number of halogens is 3. The molecule has 2 aliphatic heterocycles. The lowest BCUT2D eigenvalue weighted by Crippen LogP contribution is -2.48. The SMILES string of the molecule is O=C1N(CCN2CCN(c3ccccc3)CC2)CCN1c1cccc(C(F)(F)F)c1. The van der Waals surface area contributed by atoms with E-state index in [0.29, 0.717) is 25.3 Å². The van der Waals surface area contributed by atoms with Gasteiger partial charge >= 0.3 is 12.2 Å². The number of para-hydroxylation sites is 1. The largest absolute Gasteiger partial charge is 0.416 e. The first kappa shape index (κ1) is 20.5. The first-order valence-corrected chi connectivity index (χ1v) is 10.2. The highest BCUT2D eigenvalue weighted by molar-refractivity contribution is 5.94. The number of benzene rings is 2. The highest BCUT2D eigenvalue weighted by atomic mass is 19.4. The molecule has 2 aliphatic rings. The van der Waals surface area contributed by atoms with Crippen LogP contribution in [0.25, 0.3) is 0 Å². The van der Waals surface area contributed by atoms with Crippen molar-refractivity contribution in [2.75, 3.05) is 62.2 Å². The van der Waals surface area contributed by atoms with Gasteiger partial charge in [0.15, 0.2) is 0 Å². The van der Waals surface area contributed by atoms with Crippen LogP contribution in [0.5, 0.6) is 0 Å².